The van der Waals surface area contributed by atoms with Gasteiger partial charge in [0.15, 0.2) is 0 Å². The minimum atomic E-state index is -0.0349. The third kappa shape index (κ3) is 3.48. The molecule has 1 atom stereocenters. The van der Waals surface area contributed by atoms with Gasteiger partial charge in [0.25, 0.3) is 0 Å². The molecule has 0 radical (unpaired) electrons. The largest absolute Gasteiger partial charge is 0.289 e. The van der Waals surface area contributed by atoms with Crippen molar-refractivity contribution >= 4 is 34.2 Å². The van der Waals surface area contributed by atoms with E-state index in [1.54, 1.807) is 0 Å². The van der Waals surface area contributed by atoms with E-state index in [4.69, 9.17) is 12.2 Å². The van der Waals surface area contributed by atoms with Crippen LogP contribution in [-0.4, -0.2) is 20.9 Å². The molecule has 0 aromatic heterocycles. The molecular formula is C19H19NOS2. The number of carbonyl (C=O) groups excluding carboxylic acids is 1. The number of benzene rings is 2. The molecule has 1 aliphatic rings. The van der Waals surface area contributed by atoms with Crippen molar-refractivity contribution in [3.8, 4) is 0 Å². The van der Waals surface area contributed by atoms with Gasteiger partial charge in [-0.25, -0.2) is 0 Å². The Hall–Kier alpha value is -1.65. The van der Waals surface area contributed by atoms with Crippen LogP contribution in [0.1, 0.15) is 28.3 Å². The van der Waals surface area contributed by atoms with Crippen LogP contribution in [0, 0.1) is 13.8 Å². The first-order chi connectivity index (χ1) is 11.1. The average Bonchev–Trinajstić information content (AvgIpc) is 2.88. The van der Waals surface area contributed by atoms with Crippen LogP contribution >= 0.6 is 24.0 Å². The summed E-state index contributed by atoms with van der Waals surface area (Å²) in [6, 6.07) is 16.7. The van der Waals surface area contributed by atoms with Gasteiger partial charge >= 0.3 is 0 Å². The molecule has 0 spiro atoms. The normalized spacial score (nSPS) is 16.0. The number of thioether (sulfide) groups is 1. The molecule has 1 aliphatic heterocycles. The van der Waals surface area contributed by atoms with Crippen LogP contribution in [0.2, 0.25) is 0 Å². The Labute approximate surface area is 146 Å². The molecular weight excluding hydrogens is 322 g/mol. The van der Waals surface area contributed by atoms with Crippen molar-refractivity contribution in [1.29, 1.82) is 0 Å². The molecule has 2 nitrogen and oxygen atoms in total. The molecule has 1 saturated heterocycles. The fraction of sp³-hybridized carbons (Fsp3) is 0.263. The zero-order valence-electron chi connectivity index (χ0n) is 13.3. The van der Waals surface area contributed by atoms with Gasteiger partial charge in [0, 0.05) is 0 Å². The average molecular weight is 342 g/mol. The lowest BCUT2D eigenvalue weighted by Crippen LogP contribution is -2.34. The maximum absolute atomic E-state index is 12.4. The Bertz CT molecular complexity index is 726. The van der Waals surface area contributed by atoms with Gasteiger partial charge in [0.1, 0.15) is 4.32 Å². The van der Waals surface area contributed by atoms with Crippen LogP contribution in [0.5, 0.6) is 0 Å². The zero-order chi connectivity index (χ0) is 16.4. The fourth-order valence-electron chi connectivity index (χ4n) is 2.96. The minimum absolute atomic E-state index is 0.0349. The zero-order valence-corrected chi connectivity index (χ0v) is 14.9. The van der Waals surface area contributed by atoms with Gasteiger partial charge in [-0.3, -0.25) is 9.69 Å². The third-order valence-electron chi connectivity index (χ3n) is 4.16. The molecule has 0 saturated carbocycles. The van der Waals surface area contributed by atoms with E-state index in [1.807, 2.05) is 23.1 Å². The van der Waals surface area contributed by atoms with Crippen molar-refractivity contribution in [3.63, 3.8) is 0 Å². The minimum Gasteiger partial charge on any atom is -0.289 e. The first-order valence-electron chi connectivity index (χ1n) is 7.66. The monoisotopic (exact) mass is 341 g/mol. The van der Waals surface area contributed by atoms with Gasteiger partial charge in [-0.05, 0) is 37.0 Å². The van der Waals surface area contributed by atoms with Crippen molar-refractivity contribution in [3.05, 3.63) is 70.8 Å². The smallest absolute Gasteiger partial charge is 0.239 e. The highest BCUT2D eigenvalue weighted by Crippen LogP contribution is 2.34. The highest BCUT2D eigenvalue weighted by Gasteiger charge is 2.34. The number of hydrogen-bond donors (Lipinski definition) is 0. The molecule has 2 aromatic rings. The number of carbonyl (C=O) groups is 1. The van der Waals surface area contributed by atoms with Crippen molar-refractivity contribution < 1.29 is 4.79 Å². The Morgan fingerprint density at radius 2 is 1.91 bits per heavy atom. The van der Waals surface area contributed by atoms with Gasteiger partial charge in [-0.1, -0.05) is 78.1 Å². The van der Waals surface area contributed by atoms with E-state index in [0.29, 0.717) is 10.1 Å². The Kier molecular flexibility index (Phi) is 4.83. The SMILES string of the molecule is Cc1ccc(C)c(C(Cc2ccccc2)N2C(=O)CSC2=S)c1. The van der Waals surface area contributed by atoms with Gasteiger partial charge in [-0.15, -0.1) is 0 Å². The number of rotatable bonds is 4. The van der Waals surface area contributed by atoms with Crippen molar-refractivity contribution in [2.45, 2.75) is 26.3 Å². The Morgan fingerprint density at radius 3 is 2.57 bits per heavy atom. The van der Waals surface area contributed by atoms with Crippen LogP contribution in [0.25, 0.3) is 0 Å². The van der Waals surface area contributed by atoms with Crippen molar-refractivity contribution in [2.75, 3.05) is 5.75 Å². The van der Waals surface area contributed by atoms with Crippen LogP contribution in [0.3, 0.4) is 0 Å². The second-order valence-corrected chi connectivity index (χ2v) is 7.49. The lowest BCUT2D eigenvalue weighted by molar-refractivity contribution is -0.125. The third-order valence-corrected chi connectivity index (χ3v) is 5.55. The summed E-state index contributed by atoms with van der Waals surface area (Å²) < 4.78 is 0.692. The summed E-state index contributed by atoms with van der Waals surface area (Å²) in [7, 11) is 0. The molecule has 0 N–H and O–H groups in total. The quantitative estimate of drug-likeness (QED) is 0.767. The number of nitrogens with zero attached hydrogens (tertiary/aromatic N) is 1. The topological polar surface area (TPSA) is 20.3 Å². The first kappa shape index (κ1) is 16.2. The summed E-state index contributed by atoms with van der Waals surface area (Å²) in [4.78, 5) is 14.2. The fourth-order valence-corrected chi connectivity index (χ4v) is 4.12. The number of hydrogen-bond acceptors (Lipinski definition) is 3. The number of aryl methyl sites for hydroxylation is 2. The predicted molar refractivity (Wildman–Crippen MR) is 101 cm³/mol. The number of thiocarbonyl (C=S) groups is 1. The maximum Gasteiger partial charge on any atom is 0.239 e. The van der Waals surface area contributed by atoms with Gasteiger partial charge in [0.05, 0.1) is 11.8 Å². The molecule has 1 amide bonds. The molecule has 1 heterocycles. The standard InChI is InChI=1S/C19H19NOS2/c1-13-8-9-14(2)16(10-13)17(11-15-6-4-3-5-7-15)20-18(21)12-23-19(20)22/h3-10,17H,11-12H2,1-2H3. The van der Waals surface area contributed by atoms with Gasteiger partial charge in [0.2, 0.25) is 5.91 Å². The molecule has 0 aliphatic carbocycles. The van der Waals surface area contributed by atoms with Crippen LogP contribution < -0.4 is 0 Å². The second-order valence-electron chi connectivity index (χ2n) is 5.88. The Balaban J connectivity index is 2.04. The van der Waals surface area contributed by atoms with E-state index in [0.717, 1.165) is 6.42 Å². The molecule has 118 valence electrons. The summed E-state index contributed by atoms with van der Waals surface area (Å²) in [5, 5.41) is 0. The predicted octanol–water partition coefficient (Wildman–Crippen LogP) is 4.45. The summed E-state index contributed by atoms with van der Waals surface area (Å²) in [6.45, 7) is 4.19. The summed E-state index contributed by atoms with van der Waals surface area (Å²) in [6.07, 6.45) is 0.775. The molecule has 1 unspecified atom stereocenters. The van der Waals surface area contributed by atoms with E-state index in [-0.39, 0.29) is 11.9 Å². The lowest BCUT2D eigenvalue weighted by Gasteiger charge is -2.29. The summed E-state index contributed by atoms with van der Waals surface area (Å²) >= 11 is 6.92. The van der Waals surface area contributed by atoms with E-state index < -0.39 is 0 Å². The summed E-state index contributed by atoms with van der Waals surface area (Å²) in [5.41, 5.74) is 4.80. The molecule has 4 heteroatoms. The van der Waals surface area contributed by atoms with E-state index in [2.05, 4.69) is 44.2 Å². The molecule has 2 aromatic carbocycles. The summed E-state index contributed by atoms with van der Waals surface area (Å²) in [5.74, 6) is 0.566. The highest BCUT2D eigenvalue weighted by atomic mass is 32.2. The first-order valence-corrected chi connectivity index (χ1v) is 9.05. The molecule has 23 heavy (non-hydrogen) atoms. The van der Waals surface area contributed by atoms with Gasteiger partial charge < -0.3 is 0 Å². The Morgan fingerprint density at radius 1 is 1.17 bits per heavy atom. The lowest BCUT2D eigenvalue weighted by atomic mass is 9.93. The maximum atomic E-state index is 12.4. The molecule has 1 fully saturated rings. The second kappa shape index (κ2) is 6.85. The van der Waals surface area contributed by atoms with Crippen molar-refractivity contribution in [2.24, 2.45) is 0 Å². The molecule has 3 rings (SSSR count). The highest BCUT2D eigenvalue weighted by molar-refractivity contribution is 8.23. The van der Waals surface area contributed by atoms with E-state index in [9.17, 15) is 4.79 Å². The van der Waals surface area contributed by atoms with Crippen LogP contribution in [-0.2, 0) is 11.2 Å². The molecule has 0 bridgehead atoms. The van der Waals surface area contributed by atoms with E-state index in [1.165, 1.54) is 34.0 Å². The van der Waals surface area contributed by atoms with Gasteiger partial charge in [-0.2, -0.15) is 0 Å². The van der Waals surface area contributed by atoms with Crippen LogP contribution in [0.4, 0.5) is 0 Å². The van der Waals surface area contributed by atoms with Crippen LogP contribution in [0.15, 0.2) is 48.5 Å². The number of amides is 1. The van der Waals surface area contributed by atoms with Crippen molar-refractivity contribution in [1.82, 2.24) is 4.90 Å². The van der Waals surface area contributed by atoms with E-state index >= 15 is 0 Å².